The normalized spacial score (nSPS) is 11.3. The summed E-state index contributed by atoms with van der Waals surface area (Å²) in [4.78, 5) is 0. The Morgan fingerprint density at radius 2 is 1.23 bits per heavy atom. The molecule has 0 atom stereocenters. The summed E-state index contributed by atoms with van der Waals surface area (Å²) in [7, 11) is 0. The quantitative estimate of drug-likeness (QED) is 0.681. The molecule has 110 valence electrons. The zero-order chi connectivity index (χ0) is 15.6. The zero-order valence-corrected chi connectivity index (χ0v) is 14.0. The summed E-state index contributed by atoms with van der Waals surface area (Å²) in [6, 6.07) is 24.1. The summed E-state index contributed by atoms with van der Waals surface area (Å²) in [5.74, 6) is 0. The third kappa shape index (κ3) is 3.10. The number of hydrogen-bond acceptors (Lipinski definition) is 2. The van der Waals surface area contributed by atoms with E-state index in [2.05, 4.69) is 0 Å². The van der Waals surface area contributed by atoms with Gasteiger partial charge in [-0.15, -0.1) is 0 Å². The molecule has 0 saturated heterocycles. The van der Waals surface area contributed by atoms with E-state index in [0.717, 1.165) is 16.7 Å². The van der Waals surface area contributed by atoms with Gasteiger partial charge in [-0.1, -0.05) is 0 Å². The van der Waals surface area contributed by atoms with E-state index < -0.39 is 18.6 Å². The molecule has 0 unspecified atom stereocenters. The molecule has 0 aliphatic heterocycles. The first-order valence-corrected chi connectivity index (χ1v) is 10.9. The SMILES string of the molecule is O=[Te](=O)(O)c1ccccc1-c1cccc(-c2ccccc2)c1. The van der Waals surface area contributed by atoms with Gasteiger partial charge in [-0.2, -0.15) is 0 Å². The molecule has 0 heterocycles. The summed E-state index contributed by atoms with van der Waals surface area (Å²) in [5, 5.41) is 0. The van der Waals surface area contributed by atoms with Crippen molar-refractivity contribution < 1.29 is 9.68 Å². The van der Waals surface area contributed by atoms with Crippen LogP contribution in [0.2, 0.25) is 0 Å². The molecule has 3 nitrogen and oxygen atoms in total. The van der Waals surface area contributed by atoms with Crippen molar-refractivity contribution in [2.45, 2.75) is 0 Å². The summed E-state index contributed by atoms with van der Waals surface area (Å²) in [6.45, 7) is 0. The molecule has 1 N–H and O–H groups in total. The maximum absolute atomic E-state index is 11.6. The van der Waals surface area contributed by atoms with Gasteiger partial charge in [0.25, 0.3) is 0 Å². The Bertz CT molecular complexity index is 900. The van der Waals surface area contributed by atoms with Crippen LogP contribution >= 0.6 is 0 Å². The van der Waals surface area contributed by atoms with Crippen molar-refractivity contribution >= 4 is 22.2 Å². The Hall–Kier alpha value is -1.99. The first kappa shape index (κ1) is 14.9. The molecular formula is C18H14O3Te. The summed E-state index contributed by atoms with van der Waals surface area (Å²) < 4.78 is 32.8. The molecule has 3 rings (SSSR count). The van der Waals surface area contributed by atoms with E-state index in [-0.39, 0.29) is 3.61 Å². The first-order chi connectivity index (χ1) is 10.6. The minimum atomic E-state index is -5.41. The van der Waals surface area contributed by atoms with Gasteiger partial charge in [0.05, 0.1) is 0 Å². The van der Waals surface area contributed by atoms with Gasteiger partial charge in [-0.25, -0.2) is 0 Å². The predicted octanol–water partition coefficient (Wildman–Crippen LogP) is 3.02. The van der Waals surface area contributed by atoms with Crippen molar-refractivity contribution in [3.05, 3.63) is 78.9 Å². The van der Waals surface area contributed by atoms with Gasteiger partial charge in [-0.05, 0) is 0 Å². The van der Waals surface area contributed by atoms with Crippen LogP contribution in [0.5, 0.6) is 0 Å². The van der Waals surface area contributed by atoms with Crippen LogP contribution in [0.15, 0.2) is 78.9 Å². The van der Waals surface area contributed by atoms with Crippen molar-refractivity contribution in [2.24, 2.45) is 0 Å². The number of benzene rings is 3. The molecule has 0 fully saturated rings. The Kier molecular flexibility index (Phi) is 4.08. The molecule has 0 radical (unpaired) electrons. The van der Waals surface area contributed by atoms with Crippen LogP contribution in [0.4, 0.5) is 0 Å². The van der Waals surface area contributed by atoms with Gasteiger partial charge in [0, 0.05) is 0 Å². The van der Waals surface area contributed by atoms with Crippen LogP contribution in [-0.4, -0.2) is 22.0 Å². The maximum atomic E-state index is 11.6. The predicted molar refractivity (Wildman–Crippen MR) is 86.3 cm³/mol. The van der Waals surface area contributed by atoms with E-state index in [0.29, 0.717) is 5.56 Å². The average Bonchev–Trinajstić information content (AvgIpc) is 2.55. The molecule has 0 aliphatic rings. The molecule has 0 bridgehead atoms. The van der Waals surface area contributed by atoms with Crippen LogP contribution in [0, 0.1) is 0 Å². The van der Waals surface area contributed by atoms with Crippen molar-refractivity contribution in [1.82, 2.24) is 0 Å². The number of rotatable bonds is 3. The number of hydrogen-bond donors (Lipinski definition) is 1. The molecule has 0 amide bonds. The fourth-order valence-corrected chi connectivity index (χ4v) is 4.47. The van der Waals surface area contributed by atoms with Crippen LogP contribution in [0.1, 0.15) is 0 Å². The molecule has 3 aromatic rings. The average molecular weight is 406 g/mol. The van der Waals surface area contributed by atoms with E-state index in [4.69, 9.17) is 0 Å². The molecule has 3 aromatic carbocycles. The first-order valence-electron chi connectivity index (χ1n) is 6.78. The van der Waals surface area contributed by atoms with E-state index in [1.807, 2.05) is 54.6 Å². The standard InChI is InChI=1S/C18H14O3Te/c19-22(20,21)18-12-5-4-11-17(18)16-10-6-9-15(13-16)14-7-2-1-3-8-14/h1-13H,(H,19,20,21). The van der Waals surface area contributed by atoms with Gasteiger partial charge < -0.3 is 0 Å². The Morgan fingerprint density at radius 1 is 0.636 bits per heavy atom. The van der Waals surface area contributed by atoms with Crippen LogP contribution in [0.25, 0.3) is 22.3 Å². The second-order valence-corrected chi connectivity index (χ2v) is 8.89. The third-order valence-corrected chi connectivity index (χ3v) is 6.05. The van der Waals surface area contributed by atoms with Crippen LogP contribution in [-0.2, 0) is 6.21 Å². The van der Waals surface area contributed by atoms with E-state index in [9.17, 15) is 9.68 Å². The third-order valence-electron chi connectivity index (χ3n) is 3.45. The van der Waals surface area contributed by atoms with Crippen molar-refractivity contribution in [2.75, 3.05) is 0 Å². The van der Waals surface area contributed by atoms with E-state index in [1.54, 1.807) is 18.2 Å². The molecule has 0 aromatic heterocycles. The summed E-state index contributed by atoms with van der Waals surface area (Å²) >= 11 is -5.41. The summed E-state index contributed by atoms with van der Waals surface area (Å²) in [5.41, 5.74) is 3.37. The van der Waals surface area contributed by atoms with Crippen molar-refractivity contribution in [3.8, 4) is 22.3 Å². The topological polar surface area (TPSA) is 54.4 Å². The Morgan fingerprint density at radius 3 is 1.95 bits per heavy atom. The second kappa shape index (κ2) is 6.02. The molecular weight excluding hydrogens is 392 g/mol. The fourth-order valence-electron chi connectivity index (χ4n) is 2.43. The minimum absolute atomic E-state index is 0.0235. The molecule has 22 heavy (non-hydrogen) atoms. The molecule has 0 spiro atoms. The van der Waals surface area contributed by atoms with Gasteiger partial charge in [-0.3, -0.25) is 0 Å². The summed E-state index contributed by atoms with van der Waals surface area (Å²) in [6.07, 6.45) is 0. The Balaban J connectivity index is 2.16. The molecule has 4 heteroatoms. The monoisotopic (exact) mass is 408 g/mol. The van der Waals surface area contributed by atoms with Gasteiger partial charge in [0.2, 0.25) is 0 Å². The van der Waals surface area contributed by atoms with E-state index in [1.165, 1.54) is 6.07 Å². The van der Waals surface area contributed by atoms with Gasteiger partial charge in [0.1, 0.15) is 0 Å². The van der Waals surface area contributed by atoms with Gasteiger partial charge in [0.15, 0.2) is 0 Å². The molecule has 0 aliphatic carbocycles. The Labute approximate surface area is 133 Å². The van der Waals surface area contributed by atoms with Crippen molar-refractivity contribution in [1.29, 1.82) is 0 Å². The van der Waals surface area contributed by atoms with Crippen LogP contribution in [0.3, 0.4) is 0 Å². The second-order valence-electron chi connectivity index (χ2n) is 4.92. The fraction of sp³-hybridized carbons (Fsp3) is 0. The molecule has 0 saturated carbocycles. The van der Waals surface area contributed by atoms with Crippen molar-refractivity contribution in [3.63, 3.8) is 0 Å². The van der Waals surface area contributed by atoms with Crippen LogP contribution < -0.4 is 3.61 Å². The zero-order valence-electron chi connectivity index (χ0n) is 11.7. The van der Waals surface area contributed by atoms with E-state index >= 15 is 0 Å². The van der Waals surface area contributed by atoms with Gasteiger partial charge >= 0.3 is 133 Å².